The van der Waals surface area contributed by atoms with Crippen molar-refractivity contribution in [1.82, 2.24) is 14.9 Å². The van der Waals surface area contributed by atoms with Crippen LogP contribution in [0.4, 0.5) is 5.69 Å². The second-order valence-electron chi connectivity index (χ2n) is 7.25. The number of anilines is 1. The smallest absolute Gasteiger partial charge is 0.251 e. The third kappa shape index (κ3) is 4.92. The molecule has 0 aliphatic carbocycles. The highest BCUT2D eigenvalue weighted by Crippen LogP contribution is 2.25. The molecule has 0 bridgehead atoms. The van der Waals surface area contributed by atoms with E-state index in [1.807, 2.05) is 29.0 Å². The van der Waals surface area contributed by atoms with Gasteiger partial charge in [0, 0.05) is 49.8 Å². The van der Waals surface area contributed by atoms with Gasteiger partial charge in [-0.25, -0.2) is 4.98 Å². The van der Waals surface area contributed by atoms with Gasteiger partial charge in [-0.3, -0.25) is 4.79 Å². The van der Waals surface area contributed by atoms with Crippen molar-refractivity contribution in [2.45, 2.75) is 25.9 Å². The van der Waals surface area contributed by atoms with E-state index in [4.69, 9.17) is 23.2 Å². The maximum absolute atomic E-state index is 12.9. The highest BCUT2D eigenvalue weighted by Gasteiger charge is 2.16. The zero-order valence-corrected chi connectivity index (χ0v) is 17.5. The first-order chi connectivity index (χ1) is 14.1. The minimum absolute atomic E-state index is 0.107. The molecule has 2 aromatic carbocycles. The fraction of sp³-hybridized carbons (Fsp3) is 0.273. The van der Waals surface area contributed by atoms with Gasteiger partial charge in [-0.1, -0.05) is 29.3 Å². The lowest BCUT2D eigenvalue weighted by Gasteiger charge is -2.20. The summed E-state index contributed by atoms with van der Waals surface area (Å²) in [6.45, 7) is 3.12. The molecule has 0 spiro atoms. The minimum atomic E-state index is -0.107. The van der Waals surface area contributed by atoms with E-state index in [2.05, 4.69) is 21.3 Å². The van der Waals surface area contributed by atoms with Crippen LogP contribution in [0.15, 0.2) is 55.1 Å². The lowest BCUT2D eigenvalue weighted by atomic mass is 10.1. The van der Waals surface area contributed by atoms with Crippen molar-refractivity contribution in [1.29, 1.82) is 0 Å². The highest BCUT2D eigenvalue weighted by molar-refractivity contribution is 6.42. The zero-order valence-electron chi connectivity index (χ0n) is 15.9. The molecule has 1 aliphatic rings. The first-order valence-corrected chi connectivity index (χ1v) is 10.4. The zero-order chi connectivity index (χ0) is 20.2. The number of amides is 1. The van der Waals surface area contributed by atoms with Crippen LogP contribution in [0.25, 0.3) is 0 Å². The number of halogens is 2. The fourth-order valence-electron chi connectivity index (χ4n) is 3.58. The number of rotatable bonds is 6. The highest BCUT2D eigenvalue weighted by atomic mass is 35.5. The van der Waals surface area contributed by atoms with Crippen molar-refractivity contribution in [3.8, 4) is 0 Å². The van der Waals surface area contributed by atoms with Crippen molar-refractivity contribution in [2.24, 2.45) is 0 Å². The number of carbonyl (C=O) groups is 1. The third-order valence-electron chi connectivity index (χ3n) is 5.07. The van der Waals surface area contributed by atoms with Crippen LogP contribution >= 0.6 is 23.2 Å². The Bertz CT molecular complexity index is 998. The molecule has 1 aromatic heterocycles. The van der Waals surface area contributed by atoms with E-state index >= 15 is 0 Å². The molecule has 0 saturated carbocycles. The predicted octanol–water partition coefficient (Wildman–Crippen LogP) is 4.77. The second kappa shape index (κ2) is 8.89. The van der Waals surface area contributed by atoms with Gasteiger partial charge in [0.05, 0.1) is 16.4 Å². The third-order valence-corrected chi connectivity index (χ3v) is 5.81. The number of nitrogens with one attached hydrogen (secondary N) is 1. The normalized spacial score (nSPS) is 13.7. The molecule has 0 radical (unpaired) electrons. The number of aromatic nitrogens is 2. The van der Waals surface area contributed by atoms with Gasteiger partial charge in [0.1, 0.15) is 0 Å². The monoisotopic (exact) mass is 428 g/mol. The lowest BCUT2D eigenvalue weighted by Crippen LogP contribution is -2.24. The molecule has 2 heterocycles. The first kappa shape index (κ1) is 19.8. The molecule has 0 unspecified atom stereocenters. The van der Waals surface area contributed by atoms with E-state index in [0.29, 0.717) is 28.7 Å². The second-order valence-corrected chi connectivity index (χ2v) is 8.06. The summed E-state index contributed by atoms with van der Waals surface area (Å²) in [5.41, 5.74) is 3.73. The molecule has 7 heteroatoms. The van der Waals surface area contributed by atoms with Crippen molar-refractivity contribution < 1.29 is 4.79 Å². The molecular weight excluding hydrogens is 407 g/mol. The quantitative estimate of drug-likeness (QED) is 0.614. The SMILES string of the molecule is O=C(NCc1ccc(Cl)c(Cl)c1)c1cc(Cn2ccnc2)cc(N2CCCC2)c1. The van der Waals surface area contributed by atoms with Gasteiger partial charge < -0.3 is 14.8 Å². The Hall–Kier alpha value is -2.50. The van der Waals surface area contributed by atoms with E-state index in [1.54, 1.807) is 24.7 Å². The van der Waals surface area contributed by atoms with Crippen LogP contribution in [0.5, 0.6) is 0 Å². The number of imidazole rings is 1. The first-order valence-electron chi connectivity index (χ1n) is 9.65. The summed E-state index contributed by atoms with van der Waals surface area (Å²) >= 11 is 12.0. The molecule has 150 valence electrons. The molecule has 29 heavy (non-hydrogen) atoms. The summed E-state index contributed by atoms with van der Waals surface area (Å²) in [5.74, 6) is -0.107. The van der Waals surface area contributed by atoms with Crippen LogP contribution in [0.1, 0.15) is 34.3 Å². The Morgan fingerprint density at radius 1 is 1.03 bits per heavy atom. The van der Waals surface area contributed by atoms with E-state index in [-0.39, 0.29) is 5.91 Å². The molecule has 3 aromatic rings. The van der Waals surface area contributed by atoms with Crippen LogP contribution in [0.2, 0.25) is 10.0 Å². The van der Waals surface area contributed by atoms with Crippen molar-refractivity contribution in [3.63, 3.8) is 0 Å². The summed E-state index contributed by atoms with van der Waals surface area (Å²) in [5, 5.41) is 3.97. The minimum Gasteiger partial charge on any atom is -0.372 e. The number of benzene rings is 2. The van der Waals surface area contributed by atoms with Crippen LogP contribution in [-0.4, -0.2) is 28.5 Å². The fourth-order valence-corrected chi connectivity index (χ4v) is 3.90. The van der Waals surface area contributed by atoms with Crippen molar-refractivity contribution in [3.05, 3.63) is 81.9 Å². The molecule has 5 nitrogen and oxygen atoms in total. The van der Waals surface area contributed by atoms with Gasteiger partial charge >= 0.3 is 0 Å². The largest absolute Gasteiger partial charge is 0.372 e. The van der Waals surface area contributed by atoms with E-state index in [9.17, 15) is 4.79 Å². The molecule has 1 aliphatic heterocycles. The molecule has 1 N–H and O–H groups in total. The summed E-state index contributed by atoms with van der Waals surface area (Å²) in [6.07, 6.45) is 7.84. The average Bonchev–Trinajstić information content (AvgIpc) is 3.42. The van der Waals surface area contributed by atoms with Gasteiger partial charge in [-0.2, -0.15) is 0 Å². The Balaban J connectivity index is 1.54. The summed E-state index contributed by atoms with van der Waals surface area (Å²) in [4.78, 5) is 19.3. The molecular formula is C22H22Cl2N4O. The average molecular weight is 429 g/mol. The predicted molar refractivity (Wildman–Crippen MR) is 117 cm³/mol. The molecule has 1 fully saturated rings. The van der Waals surface area contributed by atoms with E-state index < -0.39 is 0 Å². The van der Waals surface area contributed by atoms with Crippen LogP contribution in [0, 0.1) is 0 Å². The van der Waals surface area contributed by atoms with Crippen LogP contribution in [0.3, 0.4) is 0 Å². The van der Waals surface area contributed by atoms with Gasteiger partial charge in [0.2, 0.25) is 0 Å². The Morgan fingerprint density at radius 3 is 2.59 bits per heavy atom. The maximum atomic E-state index is 12.9. The summed E-state index contributed by atoms with van der Waals surface area (Å²) < 4.78 is 2.00. The molecule has 1 saturated heterocycles. The maximum Gasteiger partial charge on any atom is 0.251 e. The number of hydrogen-bond acceptors (Lipinski definition) is 3. The van der Waals surface area contributed by atoms with E-state index in [0.717, 1.165) is 29.9 Å². The van der Waals surface area contributed by atoms with Gasteiger partial charge in [-0.05, 0) is 54.3 Å². The lowest BCUT2D eigenvalue weighted by molar-refractivity contribution is 0.0951. The Morgan fingerprint density at radius 2 is 1.86 bits per heavy atom. The molecule has 4 rings (SSSR count). The number of hydrogen-bond donors (Lipinski definition) is 1. The Labute approximate surface area is 180 Å². The number of nitrogens with zero attached hydrogens (tertiary/aromatic N) is 3. The van der Waals surface area contributed by atoms with Gasteiger partial charge in [-0.15, -0.1) is 0 Å². The van der Waals surface area contributed by atoms with Crippen LogP contribution < -0.4 is 10.2 Å². The van der Waals surface area contributed by atoms with E-state index in [1.165, 1.54) is 12.8 Å². The summed E-state index contributed by atoms with van der Waals surface area (Å²) in [7, 11) is 0. The Kier molecular flexibility index (Phi) is 6.07. The van der Waals surface area contributed by atoms with Crippen molar-refractivity contribution in [2.75, 3.05) is 18.0 Å². The molecule has 0 atom stereocenters. The topological polar surface area (TPSA) is 50.2 Å². The summed E-state index contributed by atoms with van der Waals surface area (Å²) in [6, 6.07) is 11.5. The van der Waals surface area contributed by atoms with Gasteiger partial charge in [0.15, 0.2) is 0 Å². The van der Waals surface area contributed by atoms with Gasteiger partial charge in [0.25, 0.3) is 5.91 Å². The number of carbonyl (C=O) groups excluding carboxylic acids is 1. The molecule has 1 amide bonds. The van der Waals surface area contributed by atoms with Crippen molar-refractivity contribution >= 4 is 34.8 Å². The van der Waals surface area contributed by atoms with Crippen LogP contribution in [-0.2, 0) is 13.1 Å². The standard InChI is InChI=1S/C22H22Cl2N4O/c23-20-4-3-16(11-21(20)24)13-26-22(29)18-9-17(14-27-8-5-25-15-27)10-19(12-18)28-6-1-2-7-28/h3-5,8-12,15H,1-2,6-7,13-14H2,(H,26,29).